The van der Waals surface area contributed by atoms with Crippen molar-refractivity contribution in [1.82, 2.24) is 4.90 Å². The Balaban J connectivity index is 2.62. The molecule has 92 valence electrons. The molecule has 1 fully saturated rings. The number of piperidine rings is 1. The first-order valence-corrected chi connectivity index (χ1v) is 5.59. The van der Waals surface area contributed by atoms with Crippen molar-refractivity contribution in [1.29, 1.82) is 0 Å². The largest absolute Gasteiger partial charge is 0.478 e. The maximum absolute atomic E-state index is 11.1. The minimum absolute atomic E-state index is 0.266. The van der Waals surface area contributed by atoms with Gasteiger partial charge in [-0.25, -0.2) is 4.79 Å². The molecular weight excluding hydrogens is 210 g/mol. The molecule has 0 saturated carbocycles. The van der Waals surface area contributed by atoms with Crippen LogP contribution in [0.15, 0.2) is 0 Å². The van der Waals surface area contributed by atoms with E-state index in [1.165, 1.54) is 20.3 Å². The summed E-state index contributed by atoms with van der Waals surface area (Å²) in [5.41, 5.74) is -1.43. The highest BCUT2D eigenvalue weighted by atomic mass is 16.6. The summed E-state index contributed by atoms with van der Waals surface area (Å²) in [7, 11) is 0. The normalized spacial score (nSPS) is 21.1. The molecule has 0 amide bonds. The zero-order chi connectivity index (χ0) is 12.2. The molecule has 0 aliphatic carbocycles. The van der Waals surface area contributed by atoms with Gasteiger partial charge in [-0.1, -0.05) is 6.42 Å². The highest BCUT2D eigenvalue weighted by molar-refractivity contribution is 5.81. The van der Waals surface area contributed by atoms with Crippen LogP contribution in [0.3, 0.4) is 0 Å². The molecule has 0 aromatic carbocycles. The predicted molar refractivity (Wildman–Crippen MR) is 58.1 cm³/mol. The number of esters is 1. The van der Waals surface area contributed by atoms with Crippen molar-refractivity contribution in [3.63, 3.8) is 0 Å². The molecule has 5 nitrogen and oxygen atoms in total. The Morgan fingerprint density at radius 3 is 2.31 bits per heavy atom. The van der Waals surface area contributed by atoms with E-state index in [1.54, 1.807) is 0 Å². The first kappa shape index (κ1) is 13.0. The third-order valence-electron chi connectivity index (χ3n) is 2.80. The zero-order valence-corrected chi connectivity index (χ0v) is 9.86. The Bertz CT molecular complexity index is 273. The molecule has 0 bridgehead atoms. The van der Waals surface area contributed by atoms with Crippen LogP contribution in [0.2, 0.25) is 0 Å². The summed E-state index contributed by atoms with van der Waals surface area (Å²) < 4.78 is 4.92. The number of aliphatic carboxylic acids is 1. The Morgan fingerprint density at radius 2 is 1.88 bits per heavy atom. The van der Waals surface area contributed by atoms with E-state index < -0.39 is 17.5 Å². The fourth-order valence-corrected chi connectivity index (χ4v) is 2.00. The lowest BCUT2D eigenvalue weighted by Gasteiger charge is -2.33. The summed E-state index contributed by atoms with van der Waals surface area (Å²) in [6, 6.07) is 0. The van der Waals surface area contributed by atoms with Gasteiger partial charge in [-0.15, -0.1) is 0 Å². The van der Waals surface area contributed by atoms with Crippen molar-refractivity contribution >= 4 is 11.9 Å². The van der Waals surface area contributed by atoms with Crippen LogP contribution in [-0.4, -0.2) is 47.2 Å². The number of hydrogen-bond donors (Lipinski definition) is 1. The molecule has 16 heavy (non-hydrogen) atoms. The standard InChI is InChI=1S/C11H19NO4/c1-9(13)16-11(2,10(14)15)8-12-6-4-3-5-7-12/h3-8H2,1-2H3,(H,14,15). The summed E-state index contributed by atoms with van der Waals surface area (Å²) in [5, 5.41) is 9.11. The fourth-order valence-electron chi connectivity index (χ4n) is 2.00. The number of nitrogens with zero attached hydrogens (tertiary/aromatic N) is 1. The van der Waals surface area contributed by atoms with Gasteiger partial charge >= 0.3 is 11.9 Å². The van der Waals surface area contributed by atoms with Crippen LogP contribution in [0.5, 0.6) is 0 Å². The van der Waals surface area contributed by atoms with Gasteiger partial charge in [0.05, 0.1) is 0 Å². The molecule has 1 saturated heterocycles. The molecule has 1 atom stereocenters. The third kappa shape index (κ3) is 3.48. The van der Waals surface area contributed by atoms with Crippen molar-refractivity contribution in [2.75, 3.05) is 19.6 Å². The Morgan fingerprint density at radius 1 is 1.31 bits per heavy atom. The van der Waals surface area contributed by atoms with Gasteiger partial charge in [0, 0.05) is 13.5 Å². The molecule has 0 spiro atoms. The number of carbonyl (C=O) groups is 2. The van der Waals surface area contributed by atoms with Gasteiger partial charge in [0.2, 0.25) is 5.60 Å². The number of hydrogen-bond acceptors (Lipinski definition) is 4. The summed E-state index contributed by atoms with van der Waals surface area (Å²) in [6.07, 6.45) is 3.35. The van der Waals surface area contributed by atoms with Crippen LogP contribution in [0.25, 0.3) is 0 Å². The van der Waals surface area contributed by atoms with E-state index in [-0.39, 0.29) is 6.54 Å². The van der Waals surface area contributed by atoms with Gasteiger partial charge < -0.3 is 9.84 Å². The number of rotatable bonds is 4. The van der Waals surface area contributed by atoms with E-state index in [9.17, 15) is 9.59 Å². The van der Waals surface area contributed by atoms with Crippen LogP contribution in [0, 0.1) is 0 Å². The number of carboxylic acid groups (broad SMARTS) is 1. The highest BCUT2D eigenvalue weighted by Crippen LogP contribution is 2.17. The van der Waals surface area contributed by atoms with Crippen molar-refractivity contribution in [2.45, 2.75) is 38.7 Å². The van der Waals surface area contributed by atoms with Gasteiger partial charge in [-0.05, 0) is 32.9 Å². The van der Waals surface area contributed by atoms with E-state index >= 15 is 0 Å². The van der Waals surface area contributed by atoms with Crippen molar-refractivity contribution < 1.29 is 19.4 Å². The molecule has 0 radical (unpaired) electrons. The lowest BCUT2D eigenvalue weighted by atomic mass is 10.0. The first-order chi connectivity index (χ1) is 7.44. The van der Waals surface area contributed by atoms with Gasteiger partial charge in [0.25, 0.3) is 0 Å². The highest BCUT2D eigenvalue weighted by Gasteiger charge is 2.38. The van der Waals surface area contributed by atoms with Crippen molar-refractivity contribution in [3.8, 4) is 0 Å². The molecule has 1 N–H and O–H groups in total. The minimum Gasteiger partial charge on any atom is -0.478 e. The second-order valence-corrected chi connectivity index (χ2v) is 4.47. The van der Waals surface area contributed by atoms with Crippen LogP contribution >= 0.6 is 0 Å². The monoisotopic (exact) mass is 229 g/mol. The molecule has 1 aliphatic heterocycles. The molecule has 1 heterocycles. The number of carbonyl (C=O) groups excluding carboxylic acids is 1. The maximum atomic E-state index is 11.1. The lowest BCUT2D eigenvalue weighted by Crippen LogP contribution is -2.50. The van der Waals surface area contributed by atoms with Crippen LogP contribution in [0.4, 0.5) is 0 Å². The molecule has 1 unspecified atom stereocenters. The second-order valence-electron chi connectivity index (χ2n) is 4.47. The molecule has 1 aliphatic rings. The van der Waals surface area contributed by atoms with Crippen LogP contribution in [-0.2, 0) is 14.3 Å². The van der Waals surface area contributed by atoms with Gasteiger partial charge in [-0.2, -0.15) is 0 Å². The van der Waals surface area contributed by atoms with Gasteiger partial charge in [0.1, 0.15) is 0 Å². The topological polar surface area (TPSA) is 66.8 Å². The molecule has 0 aromatic rings. The third-order valence-corrected chi connectivity index (χ3v) is 2.80. The molecule has 5 heteroatoms. The van der Waals surface area contributed by atoms with Crippen molar-refractivity contribution in [3.05, 3.63) is 0 Å². The van der Waals surface area contributed by atoms with Crippen LogP contribution < -0.4 is 0 Å². The lowest BCUT2D eigenvalue weighted by molar-refractivity contribution is -0.177. The summed E-state index contributed by atoms with van der Waals surface area (Å²) in [6.45, 7) is 4.71. The Labute approximate surface area is 95.4 Å². The van der Waals surface area contributed by atoms with E-state index in [0.29, 0.717) is 0 Å². The summed E-state index contributed by atoms with van der Waals surface area (Å²) in [4.78, 5) is 24.1. The Hall–Kier alpha value is -1.10. The summed E-state index contributed by atoms with van der Waals surface area (Å²) >= 11 is 0. The number of likely N-dealkylation sites (tertiary alicyclic amines) is 1. The Kier molecular flexibility index (Phi) is 4.29. The van der Waals surface area contributed by atoms with Gasteiger partial charge in [0.15, 0.2) is 0 Å². The van der Waals surface area contributed by atoms with E-state index in [2.05, 4.69) is 0 Å². The fraction of sp³-hybridized carbons (Fsp3) is 0.818. The van der Waals surface area contributed by atoms with Gasteiger partial charge in [-0.3, -0.25) is 9.69 Å². The van der Waals surface area contributed by atoms with Crippen molar-refractivity contribution in [2.24, 2.45) is 0 Å². The molecule has 0 aromatic heterocycles. The number of ether oxygens (including phenoxy) is 1. The smallest absolute Gasteiger partial charge is 0.349 e. The zero-order valence-electron chi connectivity index (χ0n) is 9.86. The van der Waals surface area contributed by atoms with Crippen LogP contribution in [0.1, 0.15) is 33.1 Å². The first-order valence-electron chi connectivity index (χ1n) is 5.59. The quantitative estimate of drug-likeness (QED) is 0.725. The SMILES string of the molecule is CC(=O)OC(C)(CN1CCCCC1)C(=O)O. The molecule has 1 rings (SSSR count). The molecular formula is C11H19NO4. The predicted octanol–water partition coefficient (Wildman–Crippen LogP) is 0.879. The van der Waals surface area contributed by atoms with E-state index in [0.717, 1.165) is 25.9 Å². The van der Waals surface area contributed by atoms with E-state index in [1.807, 2.05) is 4.90 Å². The summed E-state index contributed by atoms with van der Waals surface area (Å²) in [5.74, 6) is -1.64. The number of carboxylic acids is 1. The second kappa shape index (κ2) is 5.30. The minimum atomic E-state index is -1.43. The average molecular weight is 229 g/mol. The average Bonchev–Trinajstić information content (AvgIpc) is 2.17. The maximum Gasteiger partial charge on any atom is 0.349 e. The van der Waals surface area contributed by atoms with E-state index in [4.69, 9.17) is 9.84 Å².